The monoisotopic (exact) mass is 342 g/mol. The van der Waals surface area contributed by atoms with E-state index < -0.39 is 5.60 Å². The highest BCUT2D eigenvalue weighted by molar-refractivity contribution is 5.69. The van der Waals surface area contributed by atoms with Gasteiger partial charge in [0, 0.05) is 50.2 Å². The highest BCUT2D eigenvalue weighted by Gasteiger charge is 2.39. The third-order valence-corrected chi connectivity index (χ3v) is 5.20. The summed E-state index contributed by atoms with van der Waals surface area (Å²) in [5, 5.41) is 13.4. The third-order valence-electron chi connectivity index (χ3n) is 5.20. The molecule has 2 aliphatic rings. The van der Waals surface area contributed by atoms with E-state index in [-0.39, 0.29) is 18.1 Å². The number of ether oxygens (including phenoxy) is 2. The molecule has 2 N–H and O–H groups in total. The van der Waals surface area contributed by atoms with Crippen molar-refractivity contribution in [3.05, 3.63) is 0 Å². The van der Waals surface area contributed by atoms with E-state index in [4.69, 9.17) is 9.47 Å². The summed E-state index contributed by atoms with van der Waals surface area (Å²) in [7, 11) is 0. The predicted molar refractivity (Wildman–Crippen MR) is 93.0 cm³/mol. The molecule has 140 valence electrons. The van der Waals surface area contributed by atoms with Gasteiger partial charge in [0.05, 0.1) is 6.61 Å². The summed E-state index contributed by atoms with van der Waals surface area (Å²) in [6, 6.07) is 0.370. The molecule has 1 unspecified atom stereocenters. The van der Waals surface area contributed by atoms with Crippen LogP contribution in [0.2, 0.25) is 0 Å². The van der Waals surface area contributed by atoms with Crippen molar-refractivity contribution in [2.24, 2.45) is 11.3 Å². The maximum atomic E-state index is 12.0. The van der Waals surface area contributed by atoms with E-state index in [1.165, 1.54) is 0 Å². The number of aliphatic hydroxyl groups is 1. The summed E-state index contributed by atoms with van der Waals surface area (Å²) in [6.45, 7) is 11.8. The van der Waals surface area contributed by atoms with Crippen molar-refractivity contribution < 1.29 is 19.4 Å². The zero-order chi connectivity index (χ0) is 17.8. The van der Waals surface area contributed by atoms with Gasteiger partial charge in [0.15, 0.2) is 0 Å². The minimum atomic E-state index is -0.443. The minimum absolute atomic E-state index is 0.0553. The number of hydrogen-bond acceptors (Lipinski definition) is 5. The first-order chi connectivity index (χ1) is 11.3. The molecule has 0 aliphatic carbocycles. The van der Waals surface area contributed by atoms with Gasteiger partial charge < -0.3 is 24.8 Å². The number of likely N-dealkylation sites (tertiary alicyclic amines) is 1. The van der Waals surface area contributed by atoms with Crippen LogP contribution < -0.4 is 5.32 Å². The zero-order valence-corrected chi connectivity index (χ0v) is 15.6. The molecule has 6 nitrogen and oxygen atoms in total. The van der Waals surface area contributed by atoms with Crippen LogP contribution in [0.4, 0.5) is 4.79 Å². The van der Waals surface area contributed by atoms with Gasteiger partial charge in [0.25, 0.3) is 0 Å². The minimum Gasteiger partial charge on any atom is -0.444 e. The molecule has 2 fully saturated rings. The van der Waals surface area contributed by atoms with Crippen molar-refractivity contribution in [2.45, 2.75) is 58.6 Å². The van der Waals surface area contributed by atoms with Crippen LogP contribution in [0, 0.1) is 11.3 Å². The molecule has 0 saturated carbocycles. The maximum absolute atomic E-state index is 12.0. The molecule has 2 heterocycles. The second kappa shape index (κ2) is 8.02. The maximum Gasteiger partial charge on any atom is 0.410 e. The van der Waals surface area contributed by atoms with Crippen LogP contribution in [-0.4, -0.2) is 67.2 Å². The Morgan fingerprint density at radius 2 is 2.00 bits per heavy atom. The van der Waals surface area contributed by atoms with Crippen LogP contribution in [-0.2, 0) is 9.47 Å². The summed E-state index contributed by atoms with van der Waals surface area (Å²) in [5.74, 6) is 0.457. The Bertz CT molecular complexity index is 410. The molecule has 0 aromatic rings. The van der Waals surface area contributed by atoms with Gasteiger partial charge in [0.2, 0.25) is 0 Å². The Labute approximate surface area is 145 Å². The van der Waals surface area contributed by atoms with E-state index in [1.807, 2.05) is 20.8 Å². The van der Waals surface area contributed by atoms with E-state index in [9.17, 15) is 9.90 Å². The van der Waals surface area contributed by atoms with Crippen molar-refractivity contribution >= 4 is 6.09 Å². The first-order valence-electron chi connectivity index (χ1n) is 9.18. The molecule has 1 amide bonds. The average Bonchev–Trinajstić information content (AvgIpc) is 2.48. The lowest BCUT2D eigenvalue weighted by Crippen LogP contribution is -2.59. The quantitative estimate of drug-likeness (QED) is 0.773. The summed E-state index contributed by atoms with van der Waals surface area (Å²) >= 11 is 0. The van der Waals surface area contributed by atoms with Gasteiger partial charge >= 0.3 is 6.09 Å². The van der Waals surface area contributed by atoms with Crippen LogP contribution in [0.25, 0.3) is 0 Å². The van der Waals surface area contributed by atoms with Crippen molar-refractivity contribution in [3.63, 3.8) is 0 Å². The fourth-order valence-corrected chi connectivity index (χ4v) is 3.43. The SMILES string of the molecule is CCC(NCC1(CO)CCOCC1)C1CN(C(=O)OC(C)(C)C)C1. The van der Waals surface area contributed by atoms with Crippen LogP contribution in [0.1, 0.15) is 47.0 Å². The van der Waals surface area contributed by atoms with Crippen molar-refractivity contribution in [3.8, 4) is 0 Å². The second-order valence-electron chi connectivity index (χ2n) is 8.31. The molecule has 2 rings (SSSR count). The van der Waals surface area contributed by atoms with Crippen LogP contribution in [0.3, 0.4) is 0 Å². The highest BCUT2D eigenvalue weighted by Crippen LogP contribution is 2.30. The molecule has 24 heavy (non-hydrogen) atoms. The lowest BCUT2D eigenvalue weighted by atomic mass is 9.80. The standard InChI is InChI=1S/C18H34N2O4/c1-5-15(19-12-18(13-21)6-8-23-9-7-18)14-10-20(11-14)16(22)24-17(2,3)4/h14-15,19,21H,5-13H2,1-4H3. The number of nitrogens with zero attached hydrogens (tertiary/aromatic N) is 1. The van der Waals surface area contributed by atoms with Gasteiger partial charge in [-0.15, -0.1) is 0 Å². The summed E-state index contributed by atoms with van der Waals surface area (Å²) in [4.78, 5) is 13.8. The van der Waals surface area contributed by atoms with Crippen LogP contribution in [0.15, 0.2) is 0 Å². The molecule has 6 heteroatoms. The number of hydrogen-bond donors (Lipinski definition) is 2. The molecule has 2 saturated heterocycles. The van der Waals surface area contributed by atoms with E-state index >= 15 is 0 Å². The van der Waals surface area contributed by atoms with Gasteiger partial charge in [-0.25, -0.2) is 4.79 Å². The molecule has 0 spiro atoms. The van der Waals surface area contributed by atoms with Crippen LogP contribution >= 0.6 is 0 Å². The molecule has 0 aromatic heterocycles. The fourth-order valence-electron chi connectivity index (χ4n) is 3.43. The third kappa shape index (κ3) is 5.07. The van der Waals surface area contributed by atoms with E-state index in [2.05, 4.69) is 12.2 Å². The molecule has 2 aliphatic heterocycles. The van der Waals surface area contributed by atoms with Crippen molar-refractivity contribution in [1.82, 2.24) is 10.2 Å². The largest absolute Gasteiger partial charge is 0.444 e. The smallest absolute Gasteiger partial charge is 0.410 e. The van der Waals surface area contributed by atoms with E-state index in [0.29, 0.717) is 12.0 Å². The molecule has 0 bridgehead atoms. The summed E-state index contributed by atoms with van der Waals surface area (Å²) in [6.07, 6.45) is 2.61. The predicted octanol–water partition coefficient (Wildman–Crippen LogP) is 2.01. The number of aliphatic hydroxyl groups excluding tert-OH is 1. The molecule has 0 aromatic carbocycles. The lowest BCUT2D eigenvalue weighted by molar-refractivity contribution is -0.0242. The topological polar surface area (TPSA) is 71.0 Å². The summed E-state index contributed by atoms with van der Waals surface area (Å²) < 4.78 is 10.8. The van der Waals surface area contributed by atoms with Crippen LogP contribution in [0.5, 0.6) is 0 Å². The fraction of sp³-hybridized carbons (Fsp3) is 0.944. The van der Waals surface area contributed by atoms with Crippen molar-refractivity contribution in [1.29, 1.82) is 0 Å². The second-order valence-corrected chi connectivity index (χ2v) is 8.31. The van der Waals surface area contributed by atoms with Crippen molar-refractivity contribution in [2.75, 3.05) is 39.5 Å². The van der Waals surface area contributed by atoms with Gasteiger partial charge in [-0.2, -0.15) is 0 Å². The normalized spacial score (nSPS) is 22.8. The first kappa shape index (κ1) is 19.5. The van der Waals surface area contributed by atoms with Gasteiger partial charge in [-0.05, 0) is 40.0 Å². The summed E-state index contributed by atoms with van der Waals surface area (Å²) in [5.41, 5.74) is -0.499. The number of carbonyl (C=O) groups excluding carboxylic acids is 1. The zero-order valence-electron chi connectivity index (χ0n) is 15.6. The van der Waals surface area contributed by atoms with Gasteiger partial charge in [0.1, 0.15) is 5.60 Å². The number of rotatable bonds is 6. The first-order valence-corrected chi connectivity index (χ1v) is 9.18. The number of amides is 1. The molecular weight excluding hydrogens is 308 g/mol. The average molecular weight is 342 g/mol. The molecular formula is C18H34N2O4. The van der Waals surface area contributed by atoms with Gasteiger partial charge in [-0.3, -0.25) is 0 Å². The lowest BCUT2D eigenvalue weighted by Gasteiger charge is -2.45. The number of carbonyl (C=O) groups is 1. The Hall–Kier alpha value is -0.850. The van der Waals surface area contributed by atoms with E-state index in [0.717, 1.165) is 52.1 Å². The Morgan fingerprint density at radius 1 is 1.38 bits per heavy atom. The van der Waals surface area contributed by atoms with Gasteiger partial charge in [-0.1, -0.05) is 6.92 Å². The van der Waals surface area contributed by atoms with E-state index in [1.54, 1.807) is 4.90 Å². The molecule has 0 radical (unpaired) electrons. The Kier molecular flexibility index (Phi) is 6.51. The Balaban J connectivity index is 1.78. The Morgan fingerprint density at radius 3 is 2.50 bits per heavy atom. The number of nitrogens with one attached hydrogen (secondary N) is 1. The molecule has 1 atom stereocenters. The highest BCUT2D eigenvalue weighted by atomic mass is 16.6.